The summed E-state index contributed by atoms with van der Waals surface area (Å²) in [7, 11) is 0. The lowest BCUT2D eigenvalue weighted by Gasteiger charge is -2.28. The van der Waals surface area contributed by atoms with Crippen molar-refractivity contribution in [1.29, 1.82) is 0 Å². The number of benzene rings is 2. The third kappa shape index (κ3) is 4.77. The number of hydrogen-bond donors (Lipinski definition) is 0. The lowest BCUT2D eigenvalue weighted by molar-refractivity contribution is 0.0984. The molecule has 1 atom stereocenters. The number of halogens is 2. The molecule has 148 valence electrons. The van der Waals surface area contributed by atoms with Crippen molar-refractivity contribution in [2.24, 2.45) is 5.92 Å². The molecule has 1 aliphatic carbocycles. The normalized spacial score (nSPS) is 20.5. The van der Waals surface area contributed by atoms with Gasteiger partial charge in [-0.05, 0) is 67.2 Å². The molecule has 0 amide bonds. The Morgan fingerprint density at radius 1 is 0.929 bits per heavy atom. The van der Waals surface area contributed by atoms with Crippen LogP contribution in [-0.2, 0) is 4.74 Å². The van der Waals surface area contributed by atoms with E-state index in [-0.39, 0.29) is 12.2 Å². The topological polar surface area (TPSA) is 9.23 Å². The van der Waals surface area contributed by atoms with E-state index in [4.69, 9.17) is 4.74 Å². The van der Waals surface area contributed by atoms with Crippen LogP contribution in [0, 0.1) is 17.6 Å². The minimum Gasteiger partial charge on any atom is -0.365 e. The molecule has 0 aliphatic heterocycles. The molecule has 0 bridgehead atoms. The summed E-state index contributed by atoms with van der Waals surface area (Å²) in [6, 6.07) is 11.9. The molecule has 0 aromatic heterocycles. The summed E-state index contributed by atoms with van der Waals surface area (Å²) in [6.07, 6.45) is 8.71. The van der Waals surface area contributed by atoms with Crippen LogP contribution < -0.4 is 0 Å². The molecule has 2 aromatic carbocycles. The minimum absolute atomic E-state index is 0.0537. The van der Waals surface area contributed by atoms with Crippen molar-refractivity contribution < 1.29 is 13.5 Å². The van der Waals surface area contributed by atoms with Crippen molar-refractivity contribution in [3.63, 3.8) is 0 Å². The number of hydrogen-bond acceptors (Lipinski definition) is 1. The molecule has 0 heterocycles. The summed E-state index contributed by atoms with van der Waals surface area (Å²) >= 11 is 0. The lowest BCUT2D eigenvalue weighted by Crippen LogP contribution is -2.13. The van der Waals surface area contributed by atoms with Gasteiger partial charge in [0.15, 0.2) is 0 Å². The first-order chi connectivity index (χ1) is 13.6. The van der Waals surface area contributed by atoms with Gasteiger partial charge < -0.3 is 4.74 Å². The molecule has 1 fully saturated rings. The molecule has 0 N–H and O–H groups in total. The molecule has 1 unspecified atom stereocenters. The molecule has 0 radical (unpaired) electrons. The highest BCUT2D eigenvalue weighted by atomic mass is 19.1. The van der Waals surface area contributed by atoms with Gasteiger partial charge in [-0.15, -0.1) is 13.2 Å². The van der Waals surface area contributed by atoms with Crippen LogP contribution in [-0.4, -0.2) is 6.61 Å². The van der Waals surface area contributed by atoms with Crippen molar-refractivity contribution in [2.45, 2.75) is 44.1 Å². The maximum atomic E-state index is 14.3. The second-order valence-corrected chi connectivity index (χ2v) is 7.55. The number of rotatable bonds is 8. The van der Waals surface area contributed by atoms with Gasteiger partial charge in [-0.3, -0.25) is 0 Å². The molecule has 1 nitrogen and oxygen atoms in total. The summed E-state index contributed by atoms with van der Waals surface area (Å²) in [5.41, 5.74) is 1.98. The Balaban J connectivity index is 1.79. The fourth-order valence-electron chi connectivity index (χ4n) is 4.18. The lowest BCUT2D eigenvalue weighted by atomic mass is 9.77. The quantitative estimate of drug-likeness (QED) is 0.442. The maximum absolute atomic E-state index is 14.3. The molecule has 2 aromatic rings. The highest BCUT2D eigenvalue weighted by molar-refractivity contribution is 5.35. The van der Waals surface area contributed by atoms with E-state index < -0.39 is 17.7 Å². The van der Waals surface area contributed by atoms with Crippen LogP contribution in [0.1, 0.15) is 60.8 Å². The second kappa shape index (κ2) is 9.79. The predicted molar refractivity (Wildman–Crippen MR) is 110 cm³/mol. The van der Waals surface area contributed by atoms with Crippen LogP contribution in [0.15, 0.2) is 67.8 Å². The third-order valence-electron chi connectivity index (χ3n) is 5.70. The zero-order valence-electron chi connectivity index (χ0n) is 16.2. The van der Waals surface area contributed by atoms with Crippen LogP contribution >= 0.6 is 0 Å². The van der Waals surface area contributed by atoms with Crippen LogP contribution in [0.5, 0.6) is 0 Å². The molecule has 0 saturated heterocycles. The van der Waals surface area contributed by atoms with Crippen LogP contribution in [0.3, 0.4) is 0 Å². The van der Waals surface area contributed by atoms with E-state index in [1.165, 1.54) is 49.4 Å². The van der Waals surface area contributed by atoms with Crippen molar-refractivity contribution >= 4 is 0 Å². The molecule has 3 rings (SSSR count). The molecule has 1 saturated carbocycles. The Labute approximate surface area is 166 Å². The van der Waals surface area contributed by atoms with Gasteiger partial charge in [-0.25, -0.2) is 8.78 Å². The summed E-state index contributed by atoms with van der Waals surface area (Å²) in [6.45, 7) is 7.70. The summed E-state index contributed by atoms with van der Waals surface area (Å²) in [5, 5.41) is 0. The standard InChI is InChI=1S/C25H28F2O/c1-3-6-18-9-11-19(12-10-18)20-13-15-21(16-14-20)25(28-17-4-2)24-22(26)7-5-8-23(24)27/h3-5,7-8,13-16,18-19,25H,1-2,6,9-12,17H2. The van der Waals surface area contributed by atoms with Gasteiger partial charge in [0.25, 0.3) is 0 Å². The first kappa shape index (κ1) is 20.5. The van der Waals surface area contributed by atoms with Gasteiger partial charge >= 0.3 is 0 Å². The number of ether oxygens (including phenoxy) is 1. The Morgan fingerprint density at radius 3 is 2.14 bits per heavy atom. The minimum atomic E-state index is -0.795. The maximum Gasteiger partial charge on any atom is 0.132 e. The van der Waals surface area contributed by atoms with Crippen molar-refractivity contribution in [1.82, 2.24) is 0 Å². The average molecular weight is 382 g/mol. The van der Waals surface area contributed by atoms with Gasteiger partial charge in [0.2, 0.25) is 0 Å². The third-order valence-corrected chi connectivity index (χ3v) is 5.70. The van der Waals surface area contributed by atoms with Gasteiger partial charge in [0.05, 0.1) is 12.2 Å². The molecular weight excluding hydrogens is 354 g/mol. The van der Waals surface area contributed by atoms with E-state index in [1.54, 1.807) is 6.08 Å². The molecule has 0 spiro atoms. The van der Waals surface area contributed by atoms with Gasteiger partial charge in [0, 0.05) is 0 Å². The largest absolute Gasteiger partial charge is 0.365 e. The van der Waals surface area contributed by atoms with Crippen LogP contribution in [0.2, 0.25) is 0 Å². The smallest absolute Gasteiger partial charge is 0.132 e. The predicted octanol–water partition coefficient (Wildman–Crippen LogP) is 7.11. The van der Waals surface area contributed by atoms with Gasteiger partial charge in [-0.2, -0.15) is 0 Å². The molecule has 3 heteroatoms. The highest BCUT2D eigenvalue weighted by Gasteiger charge is 2.24. The first-order valence-electron chi connectivity index (χ1n) is 10.0. The zero-order chi connectivity index (χ0) is 19.9. The Bertz CT molecular complexity index is 768. The van der Waals surface area contributed by atoms with Crippen molar-refractivity contribution in [3.05, 3.63) is 96.1 Å². The van der Waals surface area contributed by atoms with E-state index in [0.717, 1.165) is 17.9 Å². The highest BCUT2D eigenvalue weighted by Crippen LogP contribution is 2.38. The van der Waals surface area contributed by atoms with E-state index in [2.05, 4.69) is 25.3 Å². The van der Waals surface area contributed by atoms with Crippen molar-refractivity contribution in [3.8, 4) is 0 Å². The number of allylic oxidation sites excluding steroid dienone is 1. The summed E-state index contributed by atoms with van der Waals surface area (Å²) < 4.78 is 34.4. The SMILES string of the molecule is C=CCOC(c1ccc(C2CCC(CC=C)CC2)cc1)c1c(F)cccc1F. The Kier molecular flexibility index (Phi) is 7.16. The zero-order valence-corrected chi connectivity index (χ0v) is 16.2. The van der Waals surface area contributed by atoms with E-state index >= 15 is 0 Å². The Hall–Kier alpha value is -2.26. The summed E-state index contributed by atoms with van der Waals surface area (Å²) in [4.78, 5) is 0. The summed E-state index contributed by atoms with van der Waals surface area (Å²) in [5.74, 6) is 0.110. The average Bonchev–Trinajstić information content (AvgIpc) is 2.71. The van der Waals surface area contributed by atoms with Crippen LogP contribution in [0.4, 0.5) is 8.78 Å². The molecular formula is C25H28F2O. The van der Waals surface area contributed by atoms with Crippen LogP contribution in [0.25, 0.3) is 0 Å². The fraction of sp³-hybridized carbons (Fsp3) is 0.360. The van der Waals surface area contributed by atoms with Crippen molar-refractivity contribution in [2.75, 3.05) is 6.61 Å². The van der Waals surface area contributed by atoms with E-state index in [9.17, 15) is 8.78 Å². The molecule has 1 aliphatic rings. The monoisotopic (exact) mass is 382 g/mol. The van der Waals surface area contributed by atoms with E-state index in [1.807, 2.05) is 18.2 Å². The Morgan fingerprint density at radius 2 is 1.57 bits per heavy atom. The second-order valence-electron chi connectivity index (χ2n) is 7.55. The first-order valence-corrected chi connectivity index (χ1v) is 10.0. The molecule has 28 heavy (non-hydrogen) atoms. The van der Waals surface area contributed by atoms with E-state index in [0.29, 0.717) is 5.92 Å². The van der Waals surface area contributed by atoms with Gasteiger partial charge in [0.1, 0.15) is 17.7 Å². The fourth-order valence-corrected chi connectivity index (χ4v) is 4.18. The van der Waals surface area contributed by atoms with Gasteiger partial charge in [-0.1, -0.05) is 42.5 Å².